The first-order valence-electron chi connectivity index (χ1n) is 5.05. The molecule has 4 heteroatoms. The lowest BCUT2D eigenvalue weighted by molar-refractivity contribution is -0.0506. The zero-order chi connectivity index (χ0) is 12.3. The maximum absolute atomic E-state index is 12.2. The second-order valence-electron chi connectivity index (χ2n) is 3.53. The van der Waals surface area contributed by atoms with E-state index in [1.807, 2.05) is 6.92 Å². The molecular weight excluding hydrogens is 214 g/mol. The highest BCUT2D eigenvalue weighted by Gasteiger charge is 2.18. The molecule has 0 heterocycles. The summed E-state index contributed by atoms with van der Waals surface area (Å²) < 4.78 is 28.9. The van der Waals surface area contributed by atoms with Crippen LogP contribution < -0.4 is 4.74 Å². The van der Waals surface area contributed by atoms with Gasteiger partial charge in [0.1, 0.15) is 5.75 Å². The molecule has 0 aromatic heterocycles. The molecular formula is C12H14F2O2. The van der Waals surface area contributed by atoms with Crippen molar-refractivity contribution < 1.29 is 18.3 Å². The van der Waals surface area contributed by atoms with Crippen molar-refractivity contribution in [2.45, 2.75) is 33.8 Å². The van der Waals surface area contributed by atoms with Gasteiger partial charge in [-0.3, -0.25) is 4.79 Å². The number of ether oxygens (including phenoxy) is 1. The van der Waals surface area contributed by atoms with E-state index in [4.69, 9.17) is 0 Å². The van der Waals surface area contributed by atoms with E-state index in [-0.39, 0.29) is 17.1 Å². The van der Waals surface area contributed by atoms with Gasteiger partial charge in [-0.2, -0.15) is 8.78 Å². The topological polar surface area (TPSA) is 26.3 Å². The van der Waals surface area contributed by atoms with E-state index in [2.05, 4.69) is 4.74 Å². The third-order valence-corrected chi connectivity index (χ3v) is 2.38. The van der Waals surface area contributed by atoms with E-state index in [0.29, 0.717) is 12.0 Å². The van der Waals surface area contributed by atoms with Crippen molar-refractivity contribution in [1.29, 1.82) is 0 Å². The Morgan fingerprint density at radius 1 is 1.44 bits per heavy atom. The van der Waals surface area contributed by atoms with Gasteiger partial charge in [0.05, 0.1) is 5.56 Å². The lowest BCUT2D eigenvalue weighted by atomic mass is 9.98. The average Bonchev–Trinajstić information content (AvgIpc) is 2.19. The van der Waals surface area contributed by atoms with Crippen molar-refractivity contribution in [3.8, 4) is 5.75 Å². The Balaban J connectivity index is 3.35. The highest BCUT2D eigenvalue weighted by Crippen LogP contribution is 2.29. The zero-order valence-electron chi connectivity index (χ0n) is 9.51. The summed E-state index contributed by atoms with van der Waals surface area (Å²) >= 11 is 0. The fourth-order valence-electron chi connectivity index (χ4n) is 1.65. The molecule has 88 valence electrons. The Bertz CT molecular complexity index is 400. The summed E-state index contributed by atoms with van der Waals surface area (Å²) in [4.78, 5) is 11.5. The van der Waals surface area contributed by atoms with Gasteiger partial charge in [-0.15, -0.1) is 0 Å². The van der Waals surface area contributed by atoms with Crippen LogP contribution in [0.4, 0.5) is 8.78 Å². The van der Waals surface area contributed by atoms with Gasteiger partial charge in [-0.05, 0) is 31.4 Å². The zero-order valence-corrected chi connectivity index (χ0v) is 9.51. The first kappa shape index (κ1) is 12.6. The maximum atomic E-state index is 12.2. The molecule has 0 fully saturated rings. The predicted octanol–water partition coefficient (Wildman–Crippen LogP) is 3.36. The Morgan fingerprint density at radius 3 is 2.50 bits per heavy atom. The smallest absolute Gasteiger partial charge is 0.387 e. The van der Waals surface area contributed by atoms with Gasteiger partial charge in [-0.1, -0.05) is 19.1 Å². The van der Waals surface area contributed by atoms with Gasteiger partial charge in [-0.25, -0.2) is 0 Å². The molecule has 0 amide bonds. The number of hydrogen-bond donors (Lipinski definition) is 0. The molecule has 1 rings (SSSR count). The number of benzene rings is 1. The van der Waals surface area contributed by atoms with Crippen LogP contribution in [0.2, 0.25) is 0 Å². The van der Waals surface area contributed by atoms with Crippen molar-refractivity contribution >= 4 is 5.78 Å². The Labute approximate surface area is 93.2 Å². The molecule has 1 aromatic rings. The number of ketones is 1. The lowest BCUT2D eigenvalue weighted by Gasteiger charge is -2.14. The predicted molar refractivity (Wildman–Crippen MR) is 57.2 cm³/mol. The number of hydrogen-bond acceptors (Lipinski definition) is 2. The van der Waals surface area contributed by atoms with E-state index in [1.54, 1.807) is 19.1 Å². The monoisotopic (exact) mass is 228 g/mol. The third kappa shape index (κ3) is 2.56. The minimum Gasteiger partial charge on any atom is -0.434 e. The maximum Gasteiger partial charge on any atom is 0.387 e. The second kappa shape index (κ2) is 5.05. The van der Waals surface area contributed by atoms with E-state index in [0.717, 1.165) is 5.56 Å². The van der Waals surface area contributed by atoms with Crippen molar-refractivity contribution in [3.05, 3.63) is 28.8 Å². The minimum atomic E-state index is -2.91. The van der Waals surface area contributed by atoms with E-state index in [9.17, 15) is 13.6 Å². The summed E-state index contributed by atoms with van der Waals surface area (Å²) in [5.41, 5.74) is 1.54. The van der Waals surface area contributed by atoms with Gasteiger partial charge in [0, 0.05) is 0 Å². The highest BCUT2D eigenvalue weighted by molar-refractivity contribution is 5.98. The molecule has 0 aliphatic heterocycles. The van der Waals surface area contributed by atoms with Crippen LogP contribution in [-0.4, -0.2) is 12.4 Å². The number of alkyl halides is 2. The van der Waals surface area contributed by atoms with Gasteiger partial charge in [0.2, 0.25) is 0 Å². The molecule has 16 heavy (non-hydrogen) atoms. The van der Waals surface area contributed by atoms with Crippen LogP contribution in [-0.2, 0) is 6.42 Å². The average molecular weight is 228 g/mol. The normalized spacial score (nSPS) is 10.6. The molecule has 1 aromatic carbocycles. The largest absolute Gasteiger partial charge is 0.434 e. The molecule has 0 atom stereocenters. The van der Waals surface area contributed by atoms with Gasteiger partial charge < -0.3 is 4.74 Å². The molecule has 0 unspecified atom stereocenters. The summed E-state index contributed by atoms with van der Waals surface area (Å²) in [6.07, 6.45) is 0.606. The summed E-state index contributed by atoms with van der Waals surface area (Å²) in [7, 11) is 0. The van der Waals surface area contributed by atoms with E-state index in [1.165, 1.54) is 6.92 Å². The van der Waals surface area contributed by atoms with Crippen LogP contribution in [0.3, 0.4) is 0 Å². The fraction of sp³-hybridized carbons (Fsp3) is 0.417. The molecule has 0 radical (unpaired) electrons. The standard InChI is InChI=1S/C12H14F2O2/c1-4-9-6-5-7(2)11(16-12(13)14)10(9)8(3)15/h5-6,12H,4H2,1-3H3. The third-order valence-electron chi connectivity index (χ3n) is 2.38. The van der Waals surface area contributed by atoms with Crippen LogP contribution in [0.15, 0.2) is 12.1 Å². The molecule has 0 saturated heterocycles. The number of Topliss-reactive ketones (excluding diaryl/α,β-unsaturated/α-hetero) is 1. The van der Waals surface area contributed by atoms with Crippen molar-refractivity contribution in [3.63, 3.8) is 0 Å². The molecule has 0 N–H and O–H groups in total. The molecule has 0 saturated carbocycles. The molecule has 0 aliphatic rings. The highest BCUT2D eigenvalue weighted by atomic mass is 19.3. The minimum absolute atomic E-state index is 0.00171. The summed E-state index contributed by atoms with van der Waals surface area (Å²) in [5, 5.41) is 0. The van der Waals surface area contributed by atoms with Crippen LogP contribution in [0.25, 0.3) is 0 Å². The van der Waals surface area contributed by atoms with Crippen molar-refractivity contribution in [2.24, 2.45) is 0 Å². The van der Waals surface area contributed by atoms with E-state index < -0.39 is 6.61 Å². The Morgan fingerprint density at radius 2 is 2.06 bits per heavy atom. The molecule has 0 aliphatic carbocycles. The first-order chi connectivity index (χ1) is 7.47. The Kier molecular flexibility index (Phi) is 3.99. The van der Waals surface area contributed by atoms with Gasteiger partial charge in [0.15, 0.2) is 5.78 Å². The summed E-state index contributed by atoms with van der Waals surface area (Å²) in [5.74, 6) is -0.252. The molecule has 0 bridgehead atoms. The lowest BCUT2D eigenvalue weighted by Crippen LogP contribution is -2.10. The van der Waals surface area contributed by atoms with Gasteiger partial charge >= 0.3 is 6.61 Å². The fourth-order valence-corrected chi connectivity index (χ4v) is 1.65. The summed E-state index contributed by atoms with van der Waals surface area (Å²) in [6, 6.07) is 3.45. The van der Waals surface area contributed by atoms with Crippen molar-refractivity contribution in [2.75, 3.05) is 0 Å². The quantitative estimate of drug-likeness (QED) is 0.738. The van der Waals surface area contributed by atoms with Crippen molar-refractivity contribution in [1.82, 2.24) is 0 Å². The number of aryl methyl sites for hydroxylation is 2. The second-order valence-corrected chi connectivity index (χ2v) is 3.53. The van der Waals surface area contributed by atoms with Crippen LogP contribution >= 0.6 is 0 Å². The number of halogens is 2. The SMILES string of the molecule is CCc1ccc(C)c(OC(F)F)c1C(C)=O. The van der Waals surface area contributed by atoms with Crippen LogP contribution in [0, 0.1) is 6.92 Å². The number of carbonyl (C=O) groups is 1. The van der Waals surface area contributed by atoms with Gasteiger partial charge in [0.25, 0.3) is 0 Å². The van der Waals surface area contributed by atoms with E-state index >= 15 is 0 Å². The first-order valence-corrected chi connectivity index (χ1v) is 5.05. The molecule has 2 nitrogen and oxygen atoms in total. The summed E-state index contributed by atoms with van der Waals surface area (Å²) in [6.45, 7) is 1.95. The molecule has 0 spiro atoms. The van der Waals surface area contributed by atoms with Crippen LogP contribution in [0.1, 0.15) is 35.3 Å². The number of carbonyl (C=O) groups excluding carboxylic acids is 1. The van der Waals surface area contributed by atoms with Crippen LogP contribution in [0.5, 0.6) is 5.75 Å². The number of rotatable bonds is 4. The Hall–Kier alpha value is -1.45.